The van der Waals surface area contributed by atoms with E-state index in [1.54, 1.807) is 7.11 Å². The first-order chi connectivity index (χ1) is 7.38. The van der Waals surface area contributed by atoms with Gasteiger partial charge in [0.15, 0.2) is 0 Å². The van der Waals surface area contributed by atoms with Gasteiger partial charge in [-0.1, -0.05) is 12.1 Å². The highest BCUT2D eigenvalue weighted by atomic mass is 16.5. The number of amidine groups is 1. The lowest BCUT2D eigenvalue weighted by Gasteiger charge is -2.14. The average Bonchev–Trinajstić information content (AvgIpc) is 2.31. The third-order valence-electron chi connectivity index (χ3n) is 2.50. The maximum Gasteiger partial charge on any atom is 0.118 e. The maximum atomic E-state index is 5.11. The first-order valence-corrected chi connectivity index (χ1v) is 5.28. The van der Waals surface area contributed by atoms with Crippen LogP contribution >= 0.6 is 0 Å². The molecule has 0 aliphatic carbocycles. The molecule has 0 bridgehead atoms. The molecule has 2 rings (SSSR count). The summed E-state index contributed by atoms with van der Waals surface area (Å²) in [6, 6.07) is 8.13. The topological polar surface area (TPSA) is 33.6 Å². The minimum Gasteiger partial charge on any atom is -0.497 e. The highest BCUT2D eigenvalue weighted by Crippen LogP contribution is 2.12. The molecule has 0 atom stereocenters. The van der Waals surface area contributed by atoms with Crippen LogP contribution < -0.4 is 10.1 Å². The number of nitrogens with one attached hydrogen (secondary N) is 1. The van der Waals surface area contributed by atoms with Gasteiger partial charge in [-0.15, -0.1) is 0 Å². The monoisotopic (exact) mass is 204 g/mol. The Labute approximate surface area is 90.2 Å². The molecule has 0 amide bonds. The summed E-state index contributed by atoms with van der Waals surface area (Å²) in [4.78, 5) is 4.44. The Kier molecular flexibility index (Phi) is 3.22. The molecule has 0 saturated heterocycles. The van der Waals surface area contributed by atoms with E-state index < -0.39 is 0 Å². The number of aliphatic imine (C=N–C) groups is 1. The normalized spacial score (nSPS) is 15.4. The molecule has 1 aliphatic rings. The van der Waals surface area contributed by atoms with Gasteiger partial charge in [-0.25, -0.2) is 0 Å². The second-order valence-corrected chi connectivity index (χ2v) is 3.63. The molecule has 1 aromatic rings. The summed E-state index contributed by atoms with van der Waals surface area (Å²) in [5.41, 5.74) is 1.27. The Bertz CT molecular complexity index is 343. The molecule has 80 valence electrons. The van der Waals surface area contributed by atoms with Gasteiger partial charge in [-0.05, 0) is 24.1 Å². The summed E-state index contributed by atoms with van der Waals surface area (Å²) < 4.78 is 5.11. The summed E-state index contributed by atoms with van der Waals surface area (Å²) in [6.45, 7) is 2.01. The van der Waals surface area contributed by atoms with Crippen LogP contribution in [0.25, 0.3) is 0 Å². The summed E-state index contributed by atoms with van der Waals surface area (Å²) >= 11 is 0. The van der Waals surface area contributed by atoms with Crippen molar-refractivity contribution in [2.45, 2.75) is 12.8 Å². The van der Waals surface area contributed by atoms with Crippen molar-refractivity contribution < 1.29 is 4.74 Å². The Hall–Kier alpha value is -1.51. The van der Waals surface area contributed by atoms with Crippen molar-refractivity contribution in [1.82, 2.24) is 5.32 Å². The Morgan fingerprint density at radius 2 is 2.13 bits per heavy atom. The van der Waals surface area contributed by atoms with Crippen molar-refractivity contribution in [3.8, 4) is 5.75 Å². The van der Waals surface area contributed by atoms with Crippen LogP contribution in [-0.2, 0) is 6.42 Å². The lowest BCUT2D eigenvalue weighted by Crippen LogP contribution is -2.30. The number of methoxy groups -OCH3 is 1. The Morgan fingerprint density at radius 3 is 2.73 bits per heavy atom. The van der Waals surface area contributed by atoms with E-state index in [-0.39, 0.29) is 0 Å². The number of hydrogen-bond acceptors (Lipinski definition) is 3. The molecular formula is C12H16N2O. The van der Waals surface area contributed by atoms with Gasteiger partial charge in [0, 0.05) is 19.5 Å². The number of hydrogen-bond donors (Lipinski definition) is 1. The average molecular weight is 204 g/mol. The fourth-order valence-electron chi connectivity index (χ4n) is 1.64. The van der Waals surface area contributed by atoms with Crippen molar-refractivity contribution in [3.63, 3.8) is 0 Å². The standard InChI is InChI=1S/C12H16N2O/c1-15-11-5-3-10(4-6-11)9-12-13-7-2-8-14-12/h3-6H,2,7-9H2,1H3,(H,13,14). The van der Waals surface area contributed by atoms with E-state index in [1.165, 1.54) is 5.56 Å². The first kappa shape index (κ1) is 10.0. The Morgan fingerprint density at radius 1 is 1.33 bits per heavy atom. The highest BCUT2D eigenvalue weighted by Gasteiger charge is 2.04. The lowest BCUT2D eigenvalue weighted by atomic mass is 10.1. The molecule has 0 saturated carbocycles. The van der Waals surface area contributed by atoms with Gasteiger partial charge in [-0.2, -0.15) is 0 Å². The van der Waals surface area contributed by atoms with E-state index in [0.29, 0.717) is 0 Å². The zero-order chi connectivity index (χ0) is 10.5. The predicted molar refractivity (Wildman–Crippen MR) is 61.6 cm³/mol. The van der Waals surface area contributed by atoms with Crippen LogP contribution in [0.5, 0.6) is 5.75 Å². The van der Waals surface area contributed by atoms with Gasteiger partial charge in [0.25, 0.3) is 0 Å². The molecule has 3 heteroatoms. The molecule has 1 heterocycles. The molecule has 0 spiro atoms. The molecule has 3 nitrogen and oxygen atoms in total. The smallest absolute Gasteiger partial charge is 0.118 e. The first-order valence-electron chi connectivity index (χ1n) is 5.28. The quantitative estimate of drug-likeness (QED) is 0.812. The fraction of sp³-hybridized carbons (Fsp3) is 0.417. The third-order valence-corrected chi connectivity index (χ3v) is 2.50. The van der Waals surface area contributed by atoms with Crippen LogP contribution in [0.4, 0.5) is 0 Å². The van der Waals surface area contributed by atoms with Crippen LogP contribution in [0.2, 0.25) is 0 Å². The van der Waals surface area contributed by atoms with Crippen molar-refractivity contribution in [2.75, 3.05) is 20.2 Å². The zero-order valence-corrected chi connectivity index (χ0v) is 8.99. The fourth-order valence-corrected chi connectivity index (χ4v) is 1.64. The molecule has 0 radical (unpaired) electrons. The van der Waals surface area contributed by atoms with Gasteiger partial charge >= 0.3 is 0 Å². The summed E-state index contributed by atoms with van der Waals surface area (Å²) in [5.74, 6) is 2.00. The third kappa shape index (κ3) is 2.72. The zero-order valence-electron chi connectivity index (χ0n) is 8.99. The van der Waals surface area contributed by atoms with Crippen molar-refractivity contribution in [2.24, 2.45) is 4.99 Å². The van der Waals surface area contributed by atoms with Crippen molar-refractivity contribution in [1.29, 1.82) is 0 Å². The maximum absolute atomic E-state index is 5.11. The van der Waals surface area contributed by atoms with Gasteiger partial charge in [-0.3, -0.25) is 4.99 Å². The minimum atomic E-state index is 0.893. The van der Waals surface area contributed by atoms with E-state index in [0.717, 1.165) is 37.5 Å². The number of ether oxygens (including phenoxy) is 1. The highest BCUT2D eigenvalue weighted by molar-refractivity contribution is 5.84. The summed E-state index contributed by atoms with van der Waals surface area (Å²) in [7, 11) is 1.68. The molecule has 1 aliphatic heterocycles. The summed E-state index contributed by atoms with van der Waals surface area (Å²) in [6.07, 6.45) is 2.04. The van der Waals surface area contributed by atoms with E-state index in [4.69, 9.17) is 4.74 Å². The second-order valence-electron chi connectivity index (χ2n) is 3.63. The largest absolute Gasteiger partial charge is 0.497 e. The molecule has 1 N–H and O–H groups in total. The van der Waals surface area contributed by atoms with E-state index in [2.05, 4.69) is 22.4 Å². The van der Waals surface area contributed by atoms with Crippen molar-refractivity contribution >= 4 is 5.84 Å². The number of nitrogens with zero attached hydrogens (tertiary/aromatic N) is 1. The van der Waals surface area contributed by atoms with Crippen LogP contribution in [0, 0.1) is 0 Å². The molecular weight excluding hydrogens is 188 g/mol. The number of benzene rings is 1. The molecule has 15 heavy (non-hydrogen) atoms. The van der Waals surface area contributed by atoms with Crippen molar-refractivity contribution in [3.05, 3.63) is 29.8 Å². The summed E-state index contributed by atoms with van der Waals surface area (Å²) in [5, 5.41) is 3.31. The van der Waals surface area contributed by atoms with Gasteiger partial charge in [0.05, 0.1) is 7.11 Å². The van der Waals surface area contributed by atoms with Crippen LogP contribution in [-0.4, -0.2) is 26.0 Å². The molecule has 0 aromatic heterocycles. The molecule has 0 fully saturated rings. The van der Waals surface area contributed by atoms with E-state index >= 15 is 0 Å². The van der Waals surface area contributed by atoms with Crippen LogP contribution in [0.3, 0.4) is 0 Å². The SMILES string of the molecule is COc1ccc(CC2=NCCCN2)cc1. The minimum absolute atomic E-state index is 0.893. The predicted octanol–water partition coefficient (Wildman–Crippen LogP) is 1.63. The van der Waals surface area contributed by atoms with Gasteiger partial charge < -0.3 is 10.1 Å². The molecule has 0 unspecified atom stereocenters. The second kappa shape index (κ2) is 4.82. The van der Waals surface area contributed by atoms with Crippen LogP contribution in [0.1, 0.15) is 12.0 Å². The number of rotatable bonds is 3. The lowest BCUT2D eigenvalue weighted by molar-refractivity contribution is 0.414. The van der Waals surface area contributed by atoms with E-state index in [9.17, 15) is 0 Å². The Balaban J connectivity index is 2.00. The van der Waals surface area contributed by atoms with Crippen LogP contribution in [0.15, 0.2) is 29.3 Å². The van der Waals surface area contributed by atoms with Gasteiger partial charge in [0.2, 0.25) is 0 Å². The molecule has 1 aromatic carbocycles. The van der Waals surface area contributed by atoms with E-state index in [1.807, 2.05) is 12.1 Å². The van der Waals surface area contributed by atoms with Gasteiger partial charge in [0.1, 0.15) is 11.6 Å².